The molecule has 2 aromatic carbocycles. The zero-order valence-electron chi connectivity index (χ0n) is 19.6. The third kappa shape index (κ3) is 4.98. The Labute approximate surface area is 181 Å². The fraction of sp³-hybridized carbons (Fsp3) is 0.500. The van der Waals surface area contributed by atoms with Crippen molar-refractivity contribution in [2.45, 2.75) is 71.2 Å². The lowest BCUT2D eigenvalue weighted by Gasteiger charge is -2.22. The van der Waals surface area contributed by atoms with Gasteiger partial charge in [0.2, 0.25) is 10.0 Å². The summed E-state index contributed by atoms with van der Waals surface area (Å²) in [5.74, 6) is 1.95. The van der Waals surface area contributed by atoms with Gasteiger partial charge in [0.25, 0.3) is 0 Å². The van der Waals surface area contributed by atoms with Gasteiger partial charge in [-0.3, -0.25) is 0 Å². The second-order valence-electron chi connectivity index (χ2n) is 8.46. The quantitative estimate of drug-likeness (QED) is 0.588. The molecule has 2 rings (SSSR count). The van der Waals surface area contributed by atoms with Crippen LogP contribution in [0.5, 0.6) is 11.5 Å². The Morgan fingerprint density at radius 1 is 0.733 bits per heavy atom. The Hall–Kier alpha value is -2.05. The zero-order chi connectivity index (χ0) is 22.8. The highest BCUT2D eigenvalue weighted by atomic mass is 32.2. The third-order valence-corrected chi connectivity index (χ3v) is 7.16. The van der Waals surface area contributed by atoms with Crippen molar-refractivity contribution in [3.63, 3.8) is 0 Å². The summed E-state index contributed by atoms with van der Waals surface area (Å²) in [5.41, 5.74) is 4.52. The van der Waals surface area contributed by atoms with E-state index in [-0.39, 0.29) is 22.8 Å². The summed E-state index contributed by atoms with van der Waals surface area (Å²) in [7, 11) is -0.459. The highest BCUT2D eigenvalue weighted by Gasteiger charge is 2.25. The monoisotopic (exact) mass is 433 g/mol. The van der Waals surface area contributed by atoms with Gasteiger partial charge in [-0.25, -0.2) is 13.1 Å². The molecule has 0 heterocycles. The van der Waals surface area contributed by atoms with Gasteiger partial charge in [0.1, 0.15) is 11.5 Å². The number of hydrogen-bond acceptors (Lipinski definition) is 4. The molecule has 1 atom stereocenters. The predicted molar refractivity (Wildman–Crippen MR) is 122 cm³/mol. The van der Waals surface area contributed by atoms with Gasteiger partial charge in [-0.2, -0.15) is 0 Å². The third-order valence-electron chi connectivity index (χ3n) is 5.48. The summed E-state index contributed by atoms with van der Waals surface area (Å²) in [6.07, 6.45) is 0. The van der Waals surface area contributed by atoms with Crippen molar-refractivity contribution in [1.82, 2.24) is 4.72 Å². The summed E-state index contributed by atoms with van der Waals surface area (Å²) in [4.78, 5) is 0.286. The van der Waals surface area contributed by atoms with Crippen LogP contribution >= 0.6 is 0 Å². The van der Waals surface area contributed by atoms with Gasteiger partial charge < -0.3 is 9.47 Å². The van der Waals surface area contributed by atoms with Crippen molar-refractivity contribution in [2.75, 3.05) is 14.2 Å². The van der Waals surface area contributed by atoms with E-state index >= 15 is 0 Å². The molecular formula is C24H35NO4S. The molecular weight excluding hydrogens is 398 g/mol. The molecule has 0 bridgehead atoms. The van der Waals surface area contributed by atoms with E-state index in [1.54, 1.807) is 33.3 Å². The molecule has 2 aromatic rings. The maximum Gasteiger partial charge on any atom is 0.241 e. The Balaban J connectivity index is 2.48. The van der Waals surface area contributed by atoms with Crippen molar-refractivity contribution in [3.05, 3.63) is 52.1 Å². The first-order valence-electron chi connectivity index (χ1n) is 10.3. The van der Waals surface area contributed by atoms with Crippen LogP contribution in [0.2, 0.25) is 0 Å². The second kappa shape index (κ2) is 9.40. The molecule has 6 heteroatoms. The minimum absolute atomic E-state index is 0.143. The molecule has 5 nitrogen and oxygen atoms in total. The lowest BCUT2D eigenvalue weighted by atomic mass is 9.94. The van der Waals surface area contributed by atoms with E-state index in [1.165, 1.54) is 0 Å². The van der Waals surface area contributed by atoms with Crippen LogP contribution in [0.25, 0.3) is 0 Å². The van der Waals surface area contributed by atoms with Crippen LogP contribution in [0.3, 0.4) is 0 Å². The molecule has 0 saturated heterocycles. The van der Waals surface area contributed by atoms with Gasteiger partial charge in [0.05, 0.1) is 19.1 Å². The predicted octanol–water partition coefficient (Wildman–Crippen LogP) is 5.61. The number of rotatable bonds is 8. The second-order valence-corrected chi connectivity index (χ2v) is 10.1. The highest BCUT2D eigenvalue weighted by molar-refractivity contribution is 7.89. The molecule has 0 fully saturated rings. The molecule has 0 saturated carbocycles. The molecule has 1 N–H and O–H groups in total. The standard InChI is InChI=1S/C24H35NO4S/c1-14(2)19-12-21(16(5)10-22(19)28-8)18(7)25-30(26,27)24-13-20(15(3)4)23(29-9)11-17(24)6/h10-15,18,25H,1-9H3/t18-/m0/s1. The number of nitrogens with one attached hydrogen (secondary N) is 1. The van der Waals surface area contributed by atoms with E-state index in [0.717, 1.165) is 28.0 Å². The molecule has 0 aromatic heterocycles. The maximum atomic E-state index is 13.3. The van der Waals surface area contributed by atoms with Gasteiger partial charge in [-0.15, -0.1) is 0 Å². The summed E-state index contributed by atoms with van der Waals surface area (Å²) in [6, 6.07) is 7.16. The minimum atomic E-state index is -3.72. The molecule has 0 aliphatic heterocycles. The topological polar surface area (TPSA) is 64.6 Å². The zero-order valence-corrected chi connectivity index (χ0v) is 20.4. The first-order valence-corrected chi connectivity index (χ1v) is 11.8. The molecule has 0 amide bonds. The fourth-order valence-electron chi connectivity index (χ4n) is 3.76. The van der Waals surface area contributed by atoms with E-state index in [9.17, 15) is 8.42 Å². The summed E-state index contributed by atoms with van der Waals surface area (Å²) in [5, 5.41) is 0. The number of methoxy groups -OCH3 is 2. The van der Waals surface area contributed by atoms with E-state index in [2.05, 4.69) is 18.6 Å². The van der Waals surface area contributed by atoms with Gasteiger partial charge in [-0.05, 0) is 84.7 Å². The lowest BCUT2D eigenvalue weighted by Crippen LogP contribution is -2.28. The first-order chi connectivity index (χ1) is 13.9. The number of sulfonamides is 1. The van der Waals surface area contributed by atoms with Crippen LogP contribution in [0, 0.1) is 13.8 Å². The molecule has 166 valence electrons. The van der Waals surface area contributed by atoms with Crippen molar-refractivity contribution >= 4 is 10.0 Å². The van der Waals surface area contributed by atoms with Gasteiger partial charge in [-0.1, -0.05) is 27.7 Å². The van der Waals surface area contributed by atoms with Crippen LogP contribution < -0.4 is 14.2 Å². The summed E-state index contributed by atoms with van der Waals surface area (Å²) >= 11 is 0. The van der Waals surface area contributed by atoms with Crippen molar-refractivity contribution < 1.29 is 17.9 Å². The number of hydrogen-bond donors (Lipinski definition) is 1. The van der Waals surface area contributed by atoms with Gasteiger partial charge in [0.15, 0.2) is 0 Å². The summed E-state index contributed by atoms with van der Waals surface area (Å²) in [6.45, 7) is 13.9. The molecule has 0 spiro atoms. The Bertz CT molecular complexity index is 1010. The van der Waals surface area contributed by atoms with Gasteiger partial charge >= 0.3 is 0 Å². The Morgan fingerprint density at radius 2 is 1.20 bits per heavy atom. The fourth-order valence-corrected chi connectivity index (χ4v) is 5.25. The van der Waals surface area contributed by atoms with E-state index in [0.29, 0.717) is 11.3 Å². The van der Waals surface area contributed by atoms with Crippen molar-refractivity contribution in [2.24, 2.45) is 0 Å². The van der Waals surface area contributed by atoms with E-state index in [1.807, 2.05) is 39.8 Å². The normalized spacial score (nSPS) is 13.0. The van der Waals surface area contributed by atoms with E-state index < -0.39 is 10.0 Å². The first kappa shape index (κ1) is 24.2. The van der Waals surface area contributed by atoms with E-state index in [4.69, 9.17) is 9.47 Å². The van der Waals surface area contributed by atoms with Crippen LogP contribution in [0.4, 0.5) is 0 Å². The van der Waals surface area contributed by atoms with Gasteiger partial charge in [0, 0.05) is 6.04 Å². The van der Waals surface area contributed by atoms with Crippen LogP contribution in [-0.4, -0.2) is 22.6 Å². The minimum Gasteiger partial charge on any atom is -0.496 e. The molecule has 0 aliphatic carbocycles. The van der Waals surface area contributed by atoms with Crippen LogP contribution in [0.1, 0.15) is 80.3 Å². The lowest BCUT2D eigenvalue weighted by molar-refractivity contribution is 0.406. The number of aryl methyl sites for hydroxylation is 2. The smallest absolute Gasteiger partial charge is 0.241 e. The van der Waals surface area contributed by atoms with Crippen molar-refractivity contribution in [1.29, 1.82) is 0 Å². The number of benzene rings is 2. The largest absolute Gasteiger partial charge is 0.496 e. The average Bonchev–Trinajstić information content (AvgIpc) is 2.65. The SMILES string of the molecule is COc1cc(C)c([C@H](C)NS(=O)(=O)c2cc(C(C)C)c(OC)cc2C)cc1C(C)C. The van der Waals surface area contributed by atoms with Crippen LogP contribution in [0.15, 0.2) is 29.2 Å². The average molecular weight is 434 g/mol. The van der Waals surface area contributed by atoms with Crippen LogP contribution in [-0.2, 0) is 10.0 Å². The molecule has 0 radical (unpaired) electrons. The molecule has 30 heavy (non-hydrogen) atoms. The Kier molecular flexibility index (Phi) is 7.59. The molecule has 0 aliphatic rings. The molecule has 0 unspecified atom stereocenters. The number of ether oxygens (including phenoxy) is 2. The maximum absolute atomic E-state index is 13.3. The highest BCUT2D eigenvalue weighted by Crippen LogP contribution is 2.34. The Morgan fingerprint density at radius 3 is 1.67 bits per heavy atom. The summed E-state index contributed by atoms with van der Waals surface area (Å²) < 4.78 is 40.4. The van der Waals surface area contributed by atoms with Crippen molar-refractivity contribution in [3.8, 4) is 11.5 Å².